The maximum absolute atomic E-state index is 12.4. The number of Topliss-reactive ketones (excluding diaryl/α,β-unsaturated/α-hetero) is 1. The van der Waals surface area contributed by atoms with Crippen LogP contribution >= 0.6 is 0 Å². The van der Waals surface area contributed by atoms with Crippen LogP contribution in [0, 0.1) is 17.3 Å². The lowest BCUT2D eigenvalue weighted by Crippen LogP contribution is -2.36. The van der Waals surface area contributed by atoms with Crippen molar-refractivity contribution in [1.29, 1.82) is 0 Å². The molecule has 1 rings (SSSR count). The predicted octanol–water partition coefficient (Wildman–Crippen LogP) is 4.15. The summed E-state index contributed by atoms with van der Waals surface area (Å²) in [5, 5.41) is 0. The number of carbonyl (C=O) groups excluding carboxylic acids is 1. The van der Waals surface area contributed by atoms with Crippen LogP contribution in [0.5, 0.6) is 0 Å². The van der Waals surface area contributed by atoms with Gasteiger partial charge in [-0.2, -0.15) is 0 Å². The van der Waals surface area contributed by atoms with Crippen LogP contribution in [0.25, 0.3) is 0 Å². The third-order valence-corrected chi connectivity index (χ3v) is 3.72. The van der Waals surface area contributed by atoms with Gasteiger partial charge in [0.05, 0.1) is 0 Å². The Bertz CT molecular complexity index is 344. The fraction of sp³-hybridized carbons (Fsp3) is 0.667. The van der Waals surface area contributed by atoms with Gasteiger partial charge in [0.25, 0.3) is 0 Å². The van der Waals surface area contributed by atoms with Crippen LogP contribution in [0.15, 0.2) is 23.3 Å². The Balaban J connectivity index is 3.11. The van der Waals surface area contributed by atoms with Crippen LogP contribution in [0.3, 0.4) is 0 Å². The molecule has 0 fully saturated rings. The topological polar surface area (TPSA) is 17.1 Å². The summed E-state index contributed by atoms with van der Waals surface area (Å²) in [6.45, 7) is 12.6. The van der Waals surface area contributed by atoms with Crippen LogP contribution in [-0.2, 0) is 4.79 Å². The van der Waals surface area contributed by atoms with Crippen molar-refractivity contribution in [3.8, 4) is 0 Å². The summed E-state index contributed by atoms with van der Waals surface area (Å²) < 4.78 is 0. The molecule has 0 aromatic rings. The van der Waals surface area contributed by atoms with Crippen LogP contribution in [0.1, 0.15) is 48.0 Å². The lowest BCUT2D eigenvalue weighted by Gasteiger charge is -2.40. The fourth-order valence-electron chi connectivity index (χ4n) is 3.10. The molecule has 1 heteroatoms. The quantitative estimate of drug-likeness (QED) is 0.504. The molecule has 0 saturated heterocycles. The average molecular weight is 220 g/mol. The average Bonchev–Trinajstić information content (AvgIpc) is 2.13. The Kier molecular flexibility index (Phi) is 3.77. The van der Waals surface area contributed by atoms with Crippen molar-refractivity contribution in [3.63, 3.8) is 0 Å². The summed E-state index contributed by atoms with van der Waals surface area (Å²) in [4.78, 5) is 12.4. The van der Waals surface area contributed by atoms with E-state index in [2.05, 4.69) is 33.8 Å². The highest BCUT2D eigenvalue weighted by Gasteiger charge is 2.39. The third kappa shape index (κ3) is 2.45. The van der Waals surface area contributed by atoms with Crippen LogP contribution < -0.4 is 0 Å². The second-order valence-corrected chi connectivity index (χ2v) is 5.85. The van der Waals surface area contributed by atoms with Gasteiger partial charge in [-0.15, -0.1) is 0 Å². The Morgan fingerprint density at radius 3 is 2.50 bits per heavy atom. The lowest BCUT2D eigenvalue weighted by molar-refractivity contribution is -0.121. The monoisotopic (exact) mass is 220 g/mol. The number of rotatable bonds is 2. The Labute approximate surface area is 99.6 Å². The second-order valence-electron chi connectivity index (χ2n) is 5.85. The van der Waals surface area contributed by atoms with Gasteiger partial charge < -0.3 is 0 Å². The lowest BCUT2D eigenvalue weighted by atomic mass is 9.63. The van der Waals surface area contributed by atoms with Crippen molar-refractivity contribution in [1.82, 2.24) is 0 Å². The van der Waals surface area contributed by atoms with E-state index in [1.165, 1.54) is 5.57 Å². The van der Waals surface area contributed by atoms with Crippen LogP contribution in [-0.4, -0.2) is 5.78 Å². The van der Waals surface area contributed by atoms with Crippen molar-refractivity contribution in [2.75, 3.05) is 0 Å². The fourth-order valence-corrected chi connectivity index (χ4v) is 3.10. The molecule has 16 heavy (non-hydrogen) atoms. The molecule has 0 bridgehead atoms. The Morgan fingerprint density at radius 1 is 1.50 bits per heavy atom. The zero-order chi connectivity index (χ0) is 12.5. The molecule has 1 aliphatic rings. The van der Waals surface area contributed by atoms with E-state index < -0.39 is 0 Å². The minimum absolute atomic E-state index is 0.0694. The summed E-state index contributed by atoms with van der Waals surface area (Å²) in [6, 6.07) is 0. The summed E-state index contributed by atoms with van der Waals surface area (Å²) >= 11 is 0. The number of hydrogen-bond donors (Lipinski definition) is 0. The molecular formula is C15H24O. The van der Waals surface area contributed by atoms with Gasteiger partial charge in [0.15, 0.2) is 5.78 Å². The van der Waals surface area contributed by atoms with E-state index in [0.29, 0.717) is 11.7 Å². The van der Waals surface area contributed by atoms with Gasteiger partial charge in [0, 0.05) is 5.92 Å². The molecule has 2 atom stereocenters. The van der Waals surface area contributed by atoms with E-state index in [0.717, 1.165) is 12.0 Å². The number of allylic oxidation sites excluding steroid dienone is 4. The normalized spacial score (nSPS) is 29.9. The first-order valence-electron chi connectivity index (χ1n) is 6.15. The van der Waals surface area contributed by atoms with Gasteiger partial charge in [-0.05, 0) is 44.1 Å². The smallest absolute Gasteiger partial charge is 0.165 e. The SMILES string of the molecule is C/C=C(\C)C(=O)[C@@H]1C(C)=C[C@@H](C)CC1(C)C. The molecular weight excluding hydrogens is 196 g/mol. The Morgan fingerprint density at radius 2 is 2.06 bits per heavy atom. The minimum Gasteiger partial charge on any atom is -0.294 e. The molecule has 0 unspecified atom stereocenters. The molecule has 0 aromatic carbocycles. The molecule has 0 radical (unpaired) electrons. The van der Waals surface area contributed by atoms with Gasteiger partial charge in [0.2, 0.25) is 0 Å². The van der Waals surface area contributed by atoms with Gasteiger partial charge >= 0.3 is 0 Å². The van der Waals surface area contributed by atoms with E-state index in [9.17, 15) is 4.79 Å². The predicted molar refractivity (Wildman–Crippen MR) is 69.2 cm³/mol. The molecule has 0 saturated carbocycles. The maximum atomic E-state index is 12.4. The van der Waals surface area contributed by atoms with E-state index in [1.807, 2.05) is 19.9 Å². The molecule has 0 aromatic heterocycles. The largest absolute Gasteiger partial charge is 0.294 e. The maximum Gasteiger partial charge on any atom is 0.165 e. The highest BCUT2D eigenvalue weighted by atomic mass is 16.1. The number of ketones is 1. The molecule has 0 spiro atoms. The van der Waals surface area contributed by atoms with Crippen molar-refractivity contribution >= 4 is 5.78 Å². The second kappa shape index (κ2) is 4.57. The zero-order valence-electron chi connectivity index (χ0n) is 11.4. The molecule has 90 valence electrons. The molecule has 1 aliphatic carbocycles. The molecule has 0 amide bonds. The zero-order valence-corrected chi connectivity index (χ0v) is 11.4. The molecule has 0 heterocycles. The Hall–Kier alpha value is -0.850. The van der Waals surface area contributed by atoms with Gasteiger partial charge in [-0.1, -0.05) is 38.5 Å². The minimum atomic E-state index is 0.0694. The third-order valence-electron chi connectivity index (χ3n) is 3.72. The first-order valence-corrected chi connectivity index (χ1v) is 6.15. The van der Waals surface area contributed by atoms with Crippen molar-refractivity contribution in [2.45, 2.75) is 48.0 Å². The van der Waals surface area contributed by atoms with E-state index >= 15 is 0 Å². The van der Waals surface area contributed by atoms with E-state index in [-0.39, 0.29) is 11.3 Å². The highest BCUT2D eigenvalue weighted by Crippen LogP contribution is 2.44. The molecule has 1 nitrogen and oxygen atoms in total. The van der Waals surface area contributed by atoms with Crippen molar-refractivity contribution < 1.29 is 4.79 Å². The standard InChI is InChI=1S/C15H24O/c1-7-11(3)14(16)13-12(4)8-10(2)9-15(13,5)6/h7-8,10,13H,9H2,1-6H3/b11-7+/t10-,13+/m1/s1. The van der Waals surface area contributed by atoms with Crippen molar-refractivity contribution in [3.05, 3.63) is 23.3 Å². The summed E-state index contributed by atoms with van der Waals surface area (Å²) in [5.74, 6) is 0.956. The van der Waals surface area contributed by atoms with Crippen LogP contribution in [0.4, 0.5) is 0 Å². The van der Waals surface area contributed by atoms with E-state index in [1.54, 1.807) is 0 Å². The summed E-state index contributed by atoms with van der Waals surface area (Å²) in [7, 11) is 0. The summed E-state index contributed by atoms with van der Waals surface area (Å²) in [6.07, 6.45) is 5.28. The van der Waals surface area contributed by atoms with Crippen molar-refractivity contribution in [2.24, 2.45) is 17.3 Å². The molecule has 0 N–H and O–H groups in total. The number of hydrogen-bond acceptors (Lipinski definition) is 1. The summed E-state index contributed by atoms with van der Waals surface area (Å²) in [5.41, 5.74) is 2.22. The van der Waals surface area contributed by atoms with E-state index in [4.69, 9.17) is 0 Å². The first-order chi connectivity index (χ1) is 7.29. The number of carbonyl (C=O) groups is 1. The highest BCUT2D eigenvalue weighted by molar-refractivity contribution is 5.98. The first kappa shape index (κ1) is 13.2. The molecule has 0 aliphatic heterocycles. The van der Waals surface area contributed by atoms with Gasteiger partial charge in [-0.3, -0.25) is 4.79 Å². The van der Waals surface area contributed by atoms with Crippen LogP contribution in [0.2, 0.25) is 0 Å². The van der Waals surface area contributed by atoms with Gasteiger partial charge in [-0.25, -0.2) is 0 Å². The van der Waals surface area contributed by atoms with Gasteiger partial charge in [0.1, 0.15) is 0 Å².